The second kappa shape index (κ2) is 3.87. The van der Waals surface area contributed by atoms with E-state index in [1.54, 1.807) is 0 Å². The molecular formula is C9H10ClFO. The van der Waals surface area contributed by atoms with Crippen LogP contribution in [0.3, 0.4) is 0 Å². The highest BCUT2D eigenvalue weighted by molar-refractivity contribution is 6.30. The Kier molecular flexibility index (Phi) is 3.06. The van der Waals surface area contributed by atoms with Gasteiger partial charge in [-0.3, -0.25) is 0 Å². The SMILES string of the molecule is CC[C@H](O)c1ccc(F)c(Cl)c1. The molecule has 0 aliphatic heterocycles. The lowest BCUT2D eigenvalue weighted by atomic mass is 10.1. The first-order valence-corrected chi connectivity index (χ1v) is 4.16. The van der Waals surface area contributed by atoms with E-state index in [9.17, 15) is 9.50 Å². The van der Waals surface area contributed by atoms with Crippen LogP contribution in [0, 0.1) is 5.82 Å². The second-order valence-electron chi connectivity index (χ2n) is 2.60. The van der Waals surface area contributed by atoms with Crippen molar-refractivity contribution in [2.75, 3.05) is 0 Å². The Morgan fingerprint density at radius 3 is 2.75 bits per heavy atom. The van der Waals surface area contributed by atoms with Crippen LogP contribution in [-0.2, 0) is 0 Å². The number of benzene rings is 1. The maximum atomic E-state index is 12.7. The molecule has 0 aliphatic rings. The Bertz CT molecular complexity index is 275. The Morgan fingerprint density at radius 1 is 1.58 bits per heavy atom. The third kappa shape index (κ3) is 1.96. The average molecular weight is 189 g/mol. The number of halogens is 2. The smallest absolute Gasteiger partial charge is 0.141 e. The molecule has 0 spiro atoms. The molecular weight excluding hydrogens is 179 g/mol. The van der Waals surface area contributed by atoms with Crippen LogP contribution in [0.2, 0.25) is 5.02 Å². The normalized spacial score (nSPS) is 13.0. The zero-order valence-electron chi connectivity index (χ0n) is 6.72. The van der Waals surface area contributed by atoms with E-state index in [0.717, 1.165) is 0 Å². The molecule has 0 aliphatic carbocycles. The summed E-state index contributed by atoms with van der Waals surface area (Å²) >= 11 is 5.53. The molecule has 1 rings (SSSR count). The van der Waals surface area contributed by atoms with Crippen LogP contribution >= 0.6 is 11.6 Å². The number of rotatable bonds is 2. The molecule has 0 bridgehead atoms. The molecule has 0 unspecified atom stereocenters. The van der Waals surface area contributed by atoms with Gasteiger partial charge in [0, 0.05) is 0 Å². The van der Waals surface area contributed by atoms with Gasteiger partial charge in [0.1, 0.15) is 5.82 Å². The van der Waals surface area contributed by atoms with Crippen molar-refractivity contribution in [1.82, 2.24) is 0 Å². The van der Waals surface area contributed by atoms with Gasteiger partial charge >= 0.3 is 0 Å². The maximum absolute atomic E-state index is 12.7. The summed E-state index contributed by atoms with van der Waals surface area (Å²) in [7, 11) is 0. The molecule has 3 heteroatoms. The molecule has 66 valence electrons. The van der Waals surface area contributed by atoms with Crippen molar-refractivity contribution < 1.29 is 9.50 Å². The lowest BCUT2D eigenvalue weighted by molar-refractivity contribution is 0.173. The van der Waals surface area contributed by atoms with E-state index < -0.39 is 11.9 Å². The highest BCUT2D eigenvalue weighted by Gasteiger charge is 2.06. The van der Waals surface area contributed by atoms with Crippen LogP contribution < -0.4 is 0 Å². The van der Waals surface area contributed by atoms with Crippen molar-refractivity contribution in [2.24, 2.45) is 0 Å². The van der Waals surface area contributed by atoms with Gasteiger partial charge in [0.05, 0.1) is 11.1 Å². The van der Waals surface area contributed by atoms with E-state index in [-0.39, 0.29) is 5.02 Å². The van der Waals surface area contributed by atoms with Crippen molar-refractivity contribution in [3.05, 3.63) is 34.6 Å². The highest BCUT2D eigenvalue weighted by atomic mass is 35.5. The minimum atomic E-state index is -0.553. The van der Waals surface area contributed by atoms with Gasteiger partial charge in [-0.15, -0.1) is 0 Å². The van der Waals surface area contributed by atoms with E-state index in [2.05, 4.69) is 0 Å². The minimum Gasteiger partial charge on any atom is -0.388 e. The maximum Gasteiger partial charge on any atom is 0.141 e. The molecule has 0 heterocycles. The van der Waals surface area contributed by atoms with E-state index in [1.165, 1.54) is 18.2 Å². The quantitative estimate of drug-likeness (QED) is 0.757. The average Bonchev–Trinajstić information content (AvgIpc) is 2.08. The minimum absolute atomic E-state index is 0.0556. The summed E-state index contributed by atoms with van der Waals surface area (Å²) in [5.41, 5.74) is 0.656. The molecule has 0 fully saturated rings. The summed E-state index contributed by atoms with van der Waals surface area (Å²) in [5, 5.41) is 9.42. The fourth-order valence-corrected chi connectivity index (χ4v) is 1.14. The van der Waals surface area contributed by atoms with Crippen molar-refractivity contribution in [1.29, 1.82) is 0 Å². The van der Waals surface area contributed by atoms with E-state index in [1.807, 2.05) is 6.92 Å². The summed E-state index contributed by atoms with van der Waals surface area (Å²) in [5.74, 6) is -0.455. The summed E-state index contributed by atoms with van der Waals surface area (Å²) in [4.78, 5) is 0. The zero-order chi connectivity index (χ0) is 9.14. The molecule has 12 heavy (non-hydrogen) atoms. The van der Waals surface area contributed by atoms with Gasteiger partial charge in [-0.2, -0.15) is 0 Å². The van der Waals surface area contributed by atoms with Gasteiger partial charge in [0.25, 0.3) is 0 Å². The fraction of sp³-hybridized carbons (Fsp3) is 0.333. The first-order chi connectivity index (χ1) is 5.65. The lowest BCUT2D eigenvalue weighted by Crippen LogP contribution is -1.95. The molecule has 0 saturated heterocycles. The van der Waals surface area contributed by atoms with Gasteiger partial charge in [0.15, 0.2) is 0 Å². The molecule has 1 nitrogen and oxygen atoms in total. The largest absolute Gasteiger partial charge is 0.388 e. The van der Waals surface area contributed by atoms with Gasteiger partial charge in [0.2, 0.25) is 0 Å². The number of hydrogen-bond acceptors (Lipinski definition) is 1. The monoisotopic (exact) mass is 188 g/mol. The Morgan fingerprint density at radius 2 is 2.25 bits per heavy atom. The summed E-state index contributed by atoms with van der Waals surface area (Å²) in [6.07, 6.45) is 0.0465. The van der Waals surface area contributed by atoms with Gasteiger partial charge in [-0.05, 0) is 24.1 Å². The Hall–Kier alpha value is -0.600. The molecule has 0 saturated carbocycles. The van der Waals surface area contributed by atoms with E-state index in [0.29, 0.717) is 12.0 Å². The molecule has 1 N–H and O–H groups in total. The highest BCUT2D eigenvalue weighted by Crippen LogP contribution is 2.22. The summed E-state index contributed by atoms with van der Waals surface area (Å²) < 4.78 is 12.7. The molecule has 1 aromatic carbocycles. The molecule has 0 radical (unpaired) electrons. The van der Waals surface area contributed by atoms with Crippen LogP contribution in [0.5, 0.6) is 0 Å². The Balaban J connectivity index is 2.96. The van der Waals surface area contributed by atoms with Gasteiger partial charge in [-0.25, -0.2) is 4.39 Å². The molecule has 0 amide bonds. The predicted molar refractivity (Wildman–Crippen MR) is 46.7 cm³/mol. The standard InChI is InChI=1S/C9H10ClFO/c1-2-9(12)6-3-4-8(11)7(10)5-6/h3-5,9,12H,2H2,1H3/t9-/m0/s1. The summed E-state index contributed by atoms with van der Waals surface area (Å²) in [6, 6.07) is 4.25. The number of aliphatic hydroxyl groups excluding tert-OH is 1. The van der Waals surface area contributed by atoms with Gasteiger partial charge in [-0.1, -0.05) is 24.6 Å². The van der Waals surface area contributed by atoms with Gasteiger partial charge < -0.3 is 5.11 Å². The summed E-state index contributed by atoms with van der Waals surface area (Å²) in [6.45, 7) is 1.85. The zero-order valence-corrected chi connectivity index (χ0v) is 7.48. The first kappa shape index (κ1) is 9.49. The fourth-order valence-electron chi connectivity index (χ4n) is 0.955. The van der Waals surface area contributed by atoms with Crippen molar-refractivity contribution in [3.8, 4) is 0 Å². The third-order valence-corrected chi connectivity index (χ3v) is 2.00. The van der Waals surface area contributed by atoms with Crippen molar-refractivity contribution >= 4 is 11.6 Å². The number of aliphatic hydroxyl groups is 1. The van der Waals surface area contributed by atoms with Crippen molar-refractivity contribution in [2.45, 2.75) is 19.4 Å². The van der Waals surface area contributed by atoms with Crippen molar-refractivity contribution in [3.63, 3.8) is 0 Å². The van der Waals surface area contributed by atoms with E-state index in [4.69, 9.17) is 11.6 Å². The van der Waals surface area contributed by atoms with Crippen LogP contribution in [0.25, 0.3) is 0 Å². The molecule has 1 atom stereocenters. The second-order valence-corrected chi connectivity index (χ2v) is 3.00. The Labute approximate surface area is 75.8 Å². The first-order valence-electron chi connectivity index (χ1n) is 3.78. The third-order valence-electron chi connectivity index (χ3n) is 1.72. The number of hydrogen-bond donors (Lipinski definition) is 1. The molecule has 1 aromatic rings. The van der Waals surface area contributed by atoms with E-state index >= 15 is 0 Å². The predicted octanol–water partition coefficient (Wildman–Crippen LogP) is 2.92. The van der Waals surface area contributed by atoms with Crippen LogP contribution in [-0.4, -0.2) is 5.11 Å². The lowest BCUT2D eigenvalue weighted by Gasteiger charge is -2.07. The van der Waals surface area contributed by atoms with Crippen LogP contribution in [0.1, 0.15) is 25.0 Å². The van der Waals surface area contributed by atoms with Crippen LogP contribution in [0.15, 0.2) is 18.2 Å². The topological polar surface area (TPSA) is 20.2 Å². The molecule has 0 aromatic heterocycles. The van der Waals surface area contributed by atoms with Crippen LogP contribution in [0.4, 0.5) is 4.39 Å².